The molecule has 2 N–H and O–H groups in total. The van der Waals surface area contributed by atoms with Gasteiger partial charge in [0, 0.05) is 25.2 Å². The minimum atomic E-state index is -1.23. The summed E-state index contributed by atoms with van der Waals surface area (Å²) >= 11 is 0. The maximum atomic E-state index is 13.4. The van der Waals surface area contributed by atoms with E-state index in [-0.39, 0.29) is 12.6 Å². The lowest BCUT2D eigenvalue weighted by molar-refractivity contribution is -0.384. The van der Waals surface area contributed by atoms with E-state index in [0.29, 0.717) is 6.54 Å². The summed E-state index contributed by atoms with van der Waals surface area (Å²) in [5, 5.41) is 16.3. The minimum Gasteiger partial charge on any atom is -0.376 e. The largest absolute Gasteiger partial charge is 0.376 e. The first-order valence-corrected chi connectivity index (χ1v) is 5.53. The van der Waals surface area contributed by atoms with Crippen molar-refractivity contribution in [3.63, 3.8) is 0 Å². The smallest absolute Gasteiger partial charge is 0.295 e. The van der Waals surface area contributed by atoms with Crippen molar-refractivity contribution in [3.8, 4) is 0 Å². The van der Waals surface area contributed by atoms with E-state index in [1.54, 1.807) is 0 Å². The van der Waals surface area contributed by atoms with Gasteiger partial charge in [-0.1, -0.05) is 13.8 Å². The van der Waals surface area contributed by atoms with E-state index in [1.807, 2.05) is 13.8 Å². The first-order valence-electron chi connectivity index (χ1n) is 5.53. The molecule has 0 saturated carbocycles. The summed E-state index contributed by atoms with van der Waals surface area (Å²) in [5.74, 6) is -2.34. The molecule has 0 radical (unpaired) electrons. The van der Waals surface area contributed by atoms with E-state index in [0.717, 1.165) is 12.1 Å². The molecule has 1 aromatic rings. The molecule has 7 heteroatoms. The Morgan fingerprint density at radius 3 is 2.56 bits per heavy atom. The molecular weight excluding hydrogens is 244 g/mol. The molecule has 0 unspecified atom stereocenters. The highest BCUT2D eigenvalue weighted by Gasteiger charge is 2.20. The summed E-state index contributed by atoms with van der Waals surface area (Å²) in [7, 11) is 0. The molecule has 1 aromatic carbocycles. The summed E-state index contributed by atoms with van der Waals surface area (Å²) in [6, 6.07) is 1.93. The number of hydrogen-bond acceptors (Lipinski definition) is 4. The zero-order valence-electron chi connectivity index (χ0n) is 10.2. The topological polar surface area (TPSA) is 67.2 Å². The van der Waals surface area contributed by atoms with Gasteiger partial charge in [-0.05, 0) is 6.07 Å². The van der Waals surface area contributed by atoms with Crippen molar-refractivity contribution < 1.29 is 13.7 Å². The maximum Gasteiger partial charge on any atom is 0.295 e. The van der Waals surface area contributed by atoms with Crippen LogP contribution in [0.2, 0.25) is 0 Å². The number of benzene rings is 1. The zero-order valence-corrected chi connectivity index (χ0v) is 10.2. The molecule has 0 aromatic heterocycles. The standard InChI is InChI=1S/C11H15F2N3O2/c1-7(2)14-5-6-15-11-9(16(17)18)4-3-8(12)10(11)13/h3-4,7,14-15H,5-6H2,1-2H3. The number of nitro groups is 1. The van der Waals surface area contributed by atoms with Gasteiger partial charge in [-0.15, -0.1) is 0 Å². The lowest BCUT2D eigenvalue weighted by Crippen LogP contribution is -2.28. The van der Waals surface area contributed by atoms with Crippen LogP contribution in [0.15, 0.2) is 12.1 Å². The highest BCUT2D eigenvalue weighted by atomic mass is 19.2. The number of nitrogens with zero attached hydrogens (tertiary/aromatic N) is 1. The van der Waals surface area contributed by atoms with Crippen molar-refractivity contribution in [2.45, 2.75) is 19.9 Å². The molecule has 0 aliphatic heterocycles. The van der Waals surface area contributed by atoms with Crippen LogP contribution in [0.4, 0.5) is 20.2 Å². The van der Waals surface area contributed by atoms with E-state index in [2.05, 4.69) is 10.6 Å². The van der Waals surface area contributed by atoms with E-state index >= 15 is 0 Å². The van der Waals surface area contributed by atoms with Crippen LogP contribution in [0, 0.1) is 21.7 Å². The van der Waals surface area contributed by atoms with Crippen LogP contribution >= 0.6 is 0 Å². The lowest BCUT2D eigenvalue weighted by Gasteiger charge is -2.11. The van der Waals surface area contributed by atoms with Gasteiger partial charge in [0.25, 0.3) is 5.69 Å². The van der Waals surface area contributed by atoms with Gasteiger partial charge in [-0.2, -0.15) is 0 Å². The van der Waals surface area contributed by atoms with Crippen LogP contribution in [0.3, 0.4) is 0 Å². The summed E-state index contributed by atoms with van der Waals surface area (Å²) in [6.45, 7) is 4.63. The predicted octanol–water partition coefficient (Wildman–Crippen LogP) is 2.28. The Bertz CT molecular complexity index is 439. The van der Waals surface area contributed by atoms with Gasteiger partial charge >= 0.3 is 0 Å². The first-order chi connectivity index (χ1) is 8.43. The average Bonchev–Trinajstić information content (AvgIpc) is 2.29. The lowest BCUT2D eigenvalue weighted by atomic mass is 10.2. The number of rotatable bonds is 6. The number of hydrogen-bond donors (Lipinski definition) is 2. The quantitative estimate of drug-likeness (QED) is 0.467. The molecule has 0 aliphatic rings. The van der Waals surface area contributed by atoms with Crippen LogP contribution in [0.25, 0.3) is 0 Å². The van der Waals surface area contributed by atoms with Crippen molar-refractivity contribution in [2.75, 3.05) is 18.4 Å². The fourth-order valence-electron chi connectivity index (χ4n) is 1.41. The second kappa shape index (κ2) is 6.25. The predicted molar refractivity (Wildman–Crippen MR) is 64.6 cm³/mol. The van der Waals surface area contributed by atoms with Gasteiger partial charge in [0.05, 0.1) is 4.92 Å². The summed E-state index contributed by atoms with van der Waals surface area (Å²) in [5.41, 5.74) is -0.885. The molecule has 0 amide bonds. The van der Waals surface area contributed by atoms with Crippen LogP contribution in [0.1, 0.15) is 13.8 Å². The number of halogens is 2. The third-order valence-electron chi connectivity index (χ3n) is 2.25. The maximum absolute atomic E-state index is 13.4. The monoisotopic (exact) mass is 259 g/mol. The Balaban J connectivity index is 2.79. The number of nitro benzene ring substituents is 1. The van der Waals surface area contributed by atoms with Crippen molar-refractivity contribution in [1.82, 2.24) is 5.32 Å². The molecule has 0 heterocycles. The van der Waals surface area contributed by atoms with Crippen molar-refractivity contribution in [3.05, 3.63) is 33.9 Å². The molecule has 18 heavy (non-hydrogen) atoms. The summed E-state index contributed by atoms with van der Waals surface area (Å²) in [6.07, 6.45) is 0. The minimum absolute atomic E-state index is 0.249. The van der Waals surface area contributed by atoms with E-state index in [4.69, 9.17) is 0 Å². The van der Waals surface area contributed by atoms with Gasteiger partial charge in [-0.3, -0.25) is 10.1 Å². The molecule has 0 atom stereocenters. The van der Waals surface area contributed by atoms with Crippen LogP contribution in [0.5, 0.6) is 0 Å². The molecule has 5 nitrogen and oxygen atoms in total. The summed E-state index contributed by atoms with van der Waals surface area (Å²) < 4.78 is 26.5. The van der Waals surface area contributed by atoms with Crippen molar-refractivity contribution in [2.24, 2.45) is 0 Å². The Labute approximate surface area is 103 Å². The molecule has 0 aliphatic carbocycles. The normalized spacial score (nSPS) is 10.7. The van der Waals surface area contributed by atoms with Gasteiger partial charge in [0.15, 0.2) is 17.3 Å². The van der Waals surface area contributed by atoms with Gasteiger partial charge in [-0.25, -0.2) is 8.78 Å². The molecule has 1 rings (SSSR count). The Kier molecular flexibility index (Phi) is 4.96. The Hall–Kier alpha value is -1.76. The van der Waals surface area contributed by atoms with Gasteiger partial charge in [0.1, 0.15) is 0 Å². The average molecular weight is 259 g/mol. The Morgan fingerprint density at radius 1 is 1.33 bits per heavy atom. The molecule has 0 spiro atoms. The highest BCUT2D eigenvalue weighted by Crippen LogP contribution is 2.28. The number of anilines is 1. The van der Waals surface area contributed by atoms with Gasteiger partial charge < -0.3 is 10.6 Å². The molecule has 0 saturated heterocycles. The van der Waals surface area contributed by atoms with E-state index in [1.165, 1.54) is 0 Å². The van der Waals surface area contributed by atoms with Gasteiger partial charge in [0.2, 0.25) is 0 Å². The van der Waals surface area contributed by atoms with Crippen LogP contribution in [-0.4, -0.2) is 24.1 Å². The van der Waals surface area contributed by atoms with Crippen LogP contribution < -0.4 is 10.6 Å². The molecule has 0 bridgehead atoms. The van der Waals surface area contributed by atoms with Crippen LogP contribution in [-0.2, 0) is 0 Å². The van der Waals surface area contributed by atoms with Crippen molar-refractivity contribution in [1.29, 1.82) is 0 Å². The summed E-state index contributed by atoms with van der Waals surface area (Å²) in [4.78, 5) is 9.94. The van der Waals surface area contributed by atoms with E-state index in [9.17, 15) is 18.9 Å². The Morgan fingerprint density at radius 2 is 2.00 bits per heavy atom. The SMILES string of the molecule is CC(C)NCCNc1c([N+](=O)[O-])ccc(F)c1F. The first kappa shape index (κ1) is 14.3. The fraction of sp³-hybridized carbons (Fsp3) is 0.455. The molecule has 0 fully saturated rings. The highest BCUT2D eigenvalue weighted by molar-refractivity contribution is 5.62. The molecule has 100 valence electrons. The number of nitrogens with one attached hydrogen (secondary N) is 2. The third-order valence-corrected chi connectivity index (χ3v) is 2.25. The molecular formula is C11H15F2N3O2. The van der Waals surface area contributed by atoms with Crippen molar-refractivity contribution >= 4 is 11.4 Å². The second-order valence-electron chi connectivity index (χ2n) is 4.05. The third kappa shape index (κ3) is 3.63. The fourth-order valence-corrected chi connectivity index (χ4v) is 1.41. The van der Waals surface area contributed by atoms with E-state index < -0.39 is 27.9 Å². The second-order valence-corrected chi connectivity index (χ2v) is 4.05. The zero-order chi connectivity index (χ0) is 13.7.